The highest BCUT2D eigenvalue weighted by atomic mass is 35.5. The van der Waals surface area contributed by atoms with Crippen LogP contribution in [0.5, 0.6) is 5.75 Å². The van der Waals surface area contributed by atoms with Crippen molar-refractivity contribution < 1.29 is 9.47 Å². The van der Waals surface area contributed by atoms with Gasteiger partial charge in [-0.1, -0.05) is 53.6 Å². The lowest BCUT2D eigenvalue weighted by Crippen LogP contribution is -2.26. The van der Waals surface area contributed by atoms with Crippen molar-refractivity contribution in [1.82, 2.24) is 5.32 Å². The Morgan fingerprint density at radius 2 is 1.96 bits per heavy atom. The molecule has 0 aliphatic carbocycles. The number of hydrogen-bond donors (Lipinski definition) is 1. The maximum atomic E-state index is 6.17. The molecular weight excluding hydrogens is 353 g/mol. The summed E-state index contributed by atoms with van der Waals surface area (Å²) in [5, 5.41) is 4.32. The van der Waals surface area contributed by atoms with Crippen molar-refractivity contribution in [3.8, 4) is 5.75 Å². The molecule has 0 atom stereocenters. The van der Waals surface area contributed by atoms with Gasteiger partial charge in [0.1, 0.15) is 17.3 Å². The van der Waals surface area contributed by atoms with Gasteiger partial charge in [-0.25, -0.2) is 0 Å². The summed E-state index contributed by atoms with van der Waals surface area (Å²) < 4.78 is 10.9. The van der Waals surface area contributed by atoms with Crippen LogP contribution in [-0.4, -0.2) is 25.2 Å². The second-order valence-electron chi connectivity index (χ2n) is 4.77. The van der Waals surface area contributed by atoms with Crippen LogP contribution in [0.3, 0.4) is 0 Å². The molecule has 2 aromatic rings. The normalized spacial score (nSPS) is 10.4. The third-order valence-electron chi connectivity index (χ3n) is 3.12. The number of para-hydroxylation sites is 1. The van der Waals surface area contributed by atoms with E-state index in [1.54, 1.807) is 19.2 Å². The summed E-state index contributed by atoms with van der Waals surface area (Å²) in [5.41, 5.74) is 1.70. The number of thiocarbonyl (C=S) groups is 1. The van der Waals surface area contributed by atoms with Crippen molar-refractivity contribution in [2.24, 2.45) is 0 Å². The third-order valence-corrected chi connectivity index (χ3v) is 4.07. The Kier molecular flexibility index (Phi) is 7.12. The zero-order valence-electron chi connectivity index (χ0n) is 12.6. The molecule has 1 N–H and O–H groups in total. The number of hydrogen-bond acceptors (Lipinski definition) is 3. The number of nitrogens with one attached hydrogen (secondary N) is 1. The van der Waals surface area contributed by atoms with Gasteiger partial charge in [0, 0.05) is 29.3 Å². The summed E-state index contributed by atoms with van der Waals surface area (Å²) >= 11 is 17.5. The first-order chi connectivity index (χ1) is 11.1. The largest absolute Gasteiger partial charge is 0.488 e. The zero-order valence-corrected chi connectivity index (χ0v) is 15.0. The molecule has 0 heterocycles. The number of ether oxygens (including phenoxy) is 2. The molecule has 0 fully saturated rings. The zero-order chi connectivity index (χ0) is 16.7. The van der Waals surface area contributed by atoms with Gasteiger partial charge in [0.05, 0.1) is 12.2 Å². The first kappa shape index (κ1) is 18.0. The topological polar surface area (TPSA) is 30.5 Å². The molecule has 0 aliphatic heterocycles. The van der Waals surface area contributed by atoms with Crippen LogP contribution in [0, 0.1) is 0 Å². The molecule has 2 aromatic carbocycles. The van der Waals surface area contributed by atoms with E-state index in [1.807, 2.05) is 30.3 Å². The summed E-state index contributed by atoms with van der Waals surface area (Å²) in [4.78, 5) is 0.625. The highest BCUT2D eigenvalue weighted by Crippen LogP contribution is 2.24. The number of halogens is 2. The Morgan fingerprint density at radius 3 is 2.70 bits per heavy atom. The van der Waals surface area contributed by atoms with Gasteiger partial charge in [0.15, 0.2) is 0 Å². The number of benzene rings is 2. The van der Waals surface area contributed by atoms with Crippen molar-refractivity contribution in [2.75, 3.05) is 20.3 Å². The van der Waals surface area contributed by atoms with E-state index >= 15 is 0 Å². The van der Waals surface area contributed by atoms with Crippen LogP contribution < -0.4 is 10.1 Å². The molecule has 0 aliphatic rings. The van der Waals surface area contributed by atoms with E-state index in [2.05, 4.69) is 5.32 Å². The molecular formula is C17H17Cl2NO2S. The minimum Gasteiger partial charge on any atom is -0.488 e. The van der Waals surface area contributed by atoms with E-state index in [0.29, 0.717) is 40.5 Å². The molecule has 0 radical (unpaired) electrons. The summed E-state index contributed by atoms with van der Waals surface area (Å²) in [6.07, 6.45) is 0. The summed E-state index contributed by atoms with van der Waals surface area (Å²) in [7, 11) is 1.65. The van der Waals surface area contributed by atoms with E-state index in [1.165, 1.54) is 0 Å². The van der Waals surface area contributed by atoms with E-state index in [4.69, 9.17) is 44.9 Å². The Balaban J connectivity index is 2.06. The Bertz CT molecular complexity index is 679. The molecule has 122 valence electrons. The minimum atomic E-state index is 0.341. The van der Waals surface area contributed by atoms with Gasteiger partial charge in [0.2, 0.25) is 0 Å². The molecule has 0 bridgehead atoms. The fraction of sp³-hybridized carbons (Fsp3) is 0.235. The van der Waals surface area contributed by atoms with Crippen molar-refractivity contribution in [1.29, 1.82) is 0 Å². The second-order valence-corrected chi connectivity index (χ2v) is 6.02. The molecule has 0 amide bonds. The highest BCUT2D eigenvalue weighted by molar-refractivity contribution is 7.80. The summed E-state index contributed by atoms with van der Waals surface area (Å²) in [6, 6.07) is 13.0. The van der Waals surface area contributed by atoms with Crippen LogP contribution in [0.1, 0.15) is 11.1 Å². The molecule has 0 unspecified atom stereocenters. The van der Waals surface area contributed by atoms with E-state index in [0.717, 1.165) is 11.1 Å². The highest BCUT2D eigenvalue weighted by Gasteiger charge is 2.09. The molecule has 2 rings (SSSR count). The van der Waals surface area contributed by atoms with Crippen LogP contribution in [0.2, 0.25) is 10.0 Å². The SMILES string of the molecule is COCCNC(=S)c1ccccc1OCc1ccc(Cl)cc1Cl. The van der Waals surface area contributed by atoms with Gasteiger partial charge in [-0.15, -0.1) is 0 Å². The predicted octanol–water partition coefficient (Wildman–Crippen LogP) is 4.48. The van der Waals surface area contributed by atoms with Crippen LogP contribution >= 0.6 is 35.4 Å². The van der Waals surface area contributed by atoms with Crippen LogP contribution in [0.25, 0.3) is 0 Å². The molecule has 0 saturated carbocycles. The van der Waals surface area contributed by atoms with Gasteiger partial charge in [-0.2, -0.15) is 0 Å². The first-order valence-electron chi connectivity index (χ1n) is 7.04. The smallest absolute Gasteiger partial charge is 0.129 e. The van der Waals surface area contributed by atoms with Crippen molar-refractivity contribution in [3.63, 3.8) is 0 Å². The fourth-order valence-electron chi connectivity index (χ4n) is 1.94. The fourth-order valence-corrected chi connectivity index (χ4v) is 2.67. The lowest BCUT2D eigenvalue weighted by atomic mass is 10.2. The van der Waals surface area contributed by atoms with Gasteiger partial charge in [0.25, 0.3) is 0 Å². The number of rotatable bonds is 7. The molecule has 0 aromatic heterocycles. The molecule has 0 saturated heterocycles. The minimum absolute atomic E-state index is 0.341. The van der Waals surface area contributed by atoms with Crippen molar-refractivity contribution in [2.45, 2.75) is 6.61 Å². The Morgan fingerprint density at radius 1 is 1.17 bits per heavy atom. The Labute approximate surface area is 151 Å². The summed E-state index contributed by atoms with van der Waals surface area (Å²) in [5.74, 6) is 0.702. The molecule has 0 spiro atoms. The predicted molar refractivity (Wildman–Crippen MR) is 98.8 cm³/mol. The average molecular weight is 370 g/mol. The van der Waals surface area contributed by atoms with E-state index < -0.39 is 0 Å². The van der Waals surface area contributed by atoms with Crippen molar-refractivity contribution in [3.05, 3.63) is 63.6 Å². The van der Waals surface area contributed by atoms with Crippen molar-refractivity contribution >= 4 is 40.4 Å². The molecule has 3 nitrogen and oxygen atoms in total. The van der Waals surface area contributed by atoms with Gasteiger partial charge in [-0.05, 0) is 24.3 Å². The molecule has 23 heavy (non-hydrogen) atoms. The maximum Gasteiger partial charge on any atom is 0.129 e. The van der Waals surface area contributed by atoms with E-state index in [-0.39, 0.29) is 0 Å². The Hall–Kier alpha value is -1.33. The van der Waals surface area contributed by atoms with Crippen LogP contribution in [-0.2, 0) is 11.3 Å². The van der Waals surface area contributed by atoms with Gasteiger partial charge < -0.3 is 14.8 Å². The van der Waals surface area contributed by atoms with Gasteiger partial charge in [-0.3, -0.25) is 0 Å². The first-order valence-corrected chi connectivity index (χ1v) is 8.21. The standard InChI is InChI=1S/C17H17Cl2NO2S/c1-21-9-8-20-17(23)14-4-2-3-5-16(14)22-11-12-6-7-13(18)10-15(12)19/h2-7,10H,8-9,11H2,1H3,(H,20,23). The van der Waals surface area contributed by atoms with E-state index in [9.17, 15) is 0 Å². The van der Waals surface area contributed by atoms with Crippen LogP contribution in [0.4, 0.5) is 0 Å². The number of methoxy groups -OCH3 is 1. The lowest BCUT2D eigenvalue weighted by Gasteiger charge is -2.14. The monoisotopic (exact) mass is 369 g/mol. The second kappa shape index (κ2) is 9.08. The lowest BCUT2D eigenvalue weighted by molar-refractivity contribution is 0.204. The molecule has 6 heteroatoms. The van der Waals surface area contributed by atoms with Gasteiger partial charge >= 0.3 is 0 Å². The summed E-state index contributed by atoms with van der Waals surface area (Å²) in [6.45, 7) is 1.57. The van der Waals surface area contributed by atoms with Crippen LogP contribution in [0.15, 0.2) is 42.5 Å². The average Bonchev–Trinajstić information content (AvgIpc) is 2.54. The third kappa shape index (κ3) is 5.36. The maximum absolute atomic E-state index is 6.17. The quantitative estimate of drug-likeness (QED) is 0.575.